The molecule has 0 N–H and O–H groups in total. The van der Waals surface area contributed by atoms with Gasteiger partial charge in [-0.3, -0.25) is 10.1 Å². The fourth-order valence-electron chi connectivity index (χ4n) is 1.80. The molecular formula is C11H20N2O4. The minimum atomic E-state index is -0.526. The Labute approximate surface area is 101 Å². The lowest BCUT2D eigenvalue weighted by Gasteiger charge is -2.26. The van der Waals surface area contributed by atoms with Crippen molar-refractivity contribution in [1.82, 2.24) is 4.90 Å². The van der Waals surface area contributed by atoms with E-state index in [1.54, 1.807) is 4.90 Å². The van der Waals surface area contributed by atoms with Crippen LogP contribution < -0.4 is 0 Å². The first-order valence-electron chi connectivity index (χ1n) is 5.91. The summed E-state index contributed by atoms with van der Waals surface area (Å²) < 4.78 is 5.25. The Morgan fingerprint density at radius 2 is 2.00 bits per heavy atom. The molecule has 0 aromatic heterocycles. The van der Waals surface area contributed by atoms with E-state index in [-0.39, 0.29) is 11.0 Å². The van der Waals surface area contributed by atoms with Crippen LogP contribution in [0, 0.1) is 10.1 Å². The van der Waals surface area contributed by atoms with Crippen molar-refractivity contribution in [2.75, 3.05) is 13.1 Å². The number of amides is 1. The molecule has 0 bridgehead atoms. The van der Waals surface area contributed by atoms with Gasteiger partial charge >= 0.3 is 6.09 Å². The molecule has 0 aromatic rings. The zero-order chi connectivity index (χ0) is 13.1. The number of carbonyl (C=O) groups is 1. The number of rotatable bonds is 1. The highest BCUT2D eigenvalue weighted by Crippen LogP contribution is 2.16. The molecule has 1 amide bonds. The monoisotopic (exact) mass is 244 g/mol. The van der Waals surface area contributed by atoms with Crippen LogP contribution in [-0.2, 0) is 4.74 Å². The normalized spacial score (nSPS) is 21.8. The number of carbonyl (C=O) groups excluding carboxylic acids is 1. The van der Waals surface area contributed by atoms with Gasteiger partial charge in [-0.25, -0.2) is 4.79 Å². The number of nitrogens with zero attached hydrogens (tertiary/aromatic N) is 2. The Balaban J connectivity index is 2.51. The molecule has 1 aliphatic rings. The smallest absolute Gasteiger partial charge is 0.410 e. The van der Waals surface area contributed by atoms with Crippen molar-refractivity contribution in [2.45, 2.75) is 51.7 Å². The molecule has 0 aromatic carbocycles. The van der Waals surface area contributed by atoms with Crippen molar-refractivity contribution in [1.29, 1.82) is 0 Å². The van der Waals surface area contributed by atoms with Crippen LogP contribution in [-0.4, -0.2) is 40.6 Å². The van der Waals surface area contributed by atoms with E-state index in [4.69, 9.17) is 4.74 Å². The van der Waals surface area contributed by atoms with Crippen molar-refractivity contribution >= 4 is 6.09 Å². The maximum Gasteiger partial charge on any atom is 0.410 e. The lowest BCUT2D eigenvalue weighted by molar-refractivity contribution is -0.523. The molecule has 1 unspecified atom stereocenters. The van der Waals surface area contributed by atoms with Gasteiger partial charge in [-0.05, 0) is 27.2 Å². The topological polar surface area (TPSA) is 72.7 Å². The fraction of sp³-hybridized carbons (Fsp3) is 0.909. The molecule has 0 spiro atoms. The first-order valence-corrected chi connectivity index (χ1v) is 5.91. The van der Waals surface area contributed by atoms with Crippen molar-refractivity contribution in [3.05, 3.63) is 10.1 Å². The summed E-state index contributed by atoms with van der Waals surface area (Å²) >= 11 is 0. The highest BCUT2D eigenvalue weighted by Gasteiger charge is 2.29. The van der Waals surface area contributed by atoms with Crippen LogP contribution in [0.25, 0.3) is 0 Å². The van der Waals surface area contributed by atoms with Crippen molar-refractivity contribution in [3.8, 4) is 0 Å². The first-order chi connectivity index (χ1) is 7.79. The highest BCUT2D eigenvalue weighted by atomic mass is 16.6. The van der Waals surface area contributed by atoms with Crippen molar-refractivity contribution in [3.63, 3.8) is 0 Å². The number of likely N-dealkylation sites (tertiary alicyclic amines) is 1. The van der Waals surface area contributed by atoms with Crippen LogP contribution in [0.4, 0.5) is 4.79 Å². The van der Waals surface area contributed by atoms with Gasteiger partial charge in [0.25, 0.3) is 0 Å². The molecule has 1 aliphatic heterocycles. The standard InChI is InChI=1S/C11H20N2O4/c1-11(2,3)17-10(14)12-7-4-5-9(6-8-12)13(15)16/h9H,4-8H2,1-3H3. The maximum absolute atomic E-state index is 11.8. The van der Waals surface area contributed by atoms with Gasteiger partial charge in [0.05, 0.1) is 0 Å². The lowest BCUT2D eigenvalue weighted by Crippen LogP contribution is -2.37. The fourth-order valence-corrected chi connectivity index (χ4v) is 1.80. The Bertz CT molecular complexity index is 298. The van der Waals surface area contributed by atoms with Crippen LogP contribution in [0.1, 0.15) is 40.0 Å². The SMILES string of the molecule is CC(C)(C)OC(=O)N1CCCC([N+](=O)[O-])CC1. The van der Waals surface area contributed by atoms with Crippen LogP contribution in [0.5, 0.6) is 0 Å². The molecule has 1 atom stereocenters. The third kappa shape index (κ3) is 4.58. The van der Waals surface area contributed by atoms with Crippen LogP contribution in [0.3, 0.4) is 0 Å². The quantitative estimate of drug-likeness (QED) is 0.522. The van der Waals surface area contributed by atoms with E-state index >= 15 is 0 Å². The number of hydrogen-bond donors (Lipinski definition) is 0. The Morgan fingerprint density at radius 3 is 2.53 bits per heavy atom. The largest absolute Gasteiger partial charge is 0.444 e. The maximum atomic E-state index is 11.8. The third-order valence-electron chi connectivity index (χ3n) is 2.65. The molecule has 6 nitrogen and oxygen atoms in total. The molecule has 1 rings (SSSR count). The van der Waals surface area contributed by atoms with Gasteiger partial charge in [0.1, 0.15) is 5.60 Å². The van der Waals surface area contributed by atoms with E-state index in [1.807, 2.05) is 20.8 Å². The van der Waals surface area contributed by atoms with Gasteiger partial charge in [-0.15, -0.1) is 0 Å². The van der Waals surface area contributed by atoms with E-state index in [2.05, 4.69) is 0 Å². The van der Waals surface area contributed by atoms with Gasteiger partial charge in [-0.2, -0.15) is 0 Å². The van der Waals surface area contributed by atoms with E-state index in [0.29, 0.717) is 32.4 Å². The van der Waals surface area contributed by atoms with Gasteiger partial charge in [0, 0.05) is 30.9 Å². The second-order valence-electron chi connectivity index (χ2n) is 5.34. The summed E-state index contributed by atoms with van der Waals surface area (Å²) in [5.74, 6) is 0. The minimum Gasteiger partial charge on any atom is -0.444 e. The van der Waals surface area contributed by atoms with E-state index in [0.717, 1.165) is 0 Å². The van der Waals surface area contributed by atoms with Gasteiger partial charge in [-0.1, -0.05) is 0 Å². The number of hydrogen-bond acceptors (Lipinski definition) is 4. The molecule has 17 heavy (non-hydrogen) atoms. The Morgan fingerprint density at radius 1 is 1.35 bits per heavy atom. The molecule has 98 valence electrons. The van der Waals surface area contributed by atoms with Crippen LogP contribution >= 0.6 is 0 Å². The van der Waals surface area contributed by atoms with Gasteiger partial charge in [0.2, 0.25) is 6.04 Å². The molecule has 0 radical (unpaired) electrons. The van der Waals surface area contributed by atoms with E-state index in [9.17, 15) is 14.9 Å². The molecule has 0 aliphatic carbocycles. The lowest BCUT2D eigenvalue weighted by atomic mass is 10.1. The average molecular weight is 244 g/mol. The summed E-state index contributed by atoms with van der Waals surface area (Å²) in [7, 11) is 0. The Hall–Kier alpha value is -1.33. The summed E-state index contributed by atoms with van der Waals surface area (Å²) in [6, 6.07) is -0.526. The van der Waals surface area contributed by atoms with E-state index in [1.165, 1.54) is 0 Å². The van der Waals surface area contributed by atoms with E-state index < -0.39 is 11.6 Å². The predicted molar refractivity (Wildman–Crippen MR) is 62.4 cm³/mol. The summed E-state index contributed by atoms with van der Waals surface area (Å²) in [5, 5.41) is 10.7. The van der Waals surface area contributed by atoms with Crippen LogP contribution in [0.15, 0.2) is 0 Å². The zero-order valence-corrected chi connectivity index (χ0v) is 10.6. The molecule has 1 heterocycles. The third-order valence-corrected chi connectivity index (χ3v) is 2.65. The van der Waals surface area contributed by atoms with Gasteiger partial charge in [0.15, 0.2) is 0 Å². The highest BCUT2D eigenvalue weighted by molar-refractivity contribution is 5.68. The summed E-state index contributed by atoms with van der Waals surface area (Å²) in [6.45, 7) is 6.37. The Kier molecular flexibility index (Phi) is 4.31. The predicted octanol–water partition coefficient (Wildman–Crippen LogP) is 2.05. The second-order valence-corrected chi connectivity index (χ2v) is 5.34. The molecule has 1 saturated heterocycles. The second kappa shape index (κ2) is 5.33. The van der Waals surface area contributed by atoms with Crippen LogP contribution in [0.2, 0.25) is 0 Å². The summed E-state index contributed by atoms with van der Waals surface area (Å²) in [6.07, 6.45) is 1.23. The zero-order valence-electron chi connectivity index (χ0n) is 10.6. The first kappa shape index (κ1) is 13.7. The van der Waals surface area contributed by atoms with Gasteiger partial charge < -0.3 is 9.64 Å². The van der Waals surface area contributed by atoms with Crippen molar-refractivity contribution < 1.29 is 14.5 Å². The summed E-state index contributed by atoms with van der Waals surface area (Å²) in [5.41, 5.74) is -0.522. The average Bonchev–Trinajstić information content (AvgIpc) is 2.39. The van der Waals surface area contributed by atoms with Crippen molar-refractivity contribution in [2.24, 2.45) is 0 Å². The molecule has 1 fully saturated rings. The minimum absolute atomic E-state index is 0.251. The molecule has 6 heteroatoms. The number of ether oxygens (including phenoxy) is 1. The number of nitro groups is 1. The molecule has 0 saturated carbocycles. The molecular weight excluding hydrogens is 224 g/mol. The summed E-state index contributed by atoms with van der Waals surface area (Å²) in [4.78, 5) is 23.8.